The minimum Gasteiger partial charge on any atom is -0.417 e. The van der Waals surface area contributed by atoms with Gasteiger partial charge >= 0.3 is 0 Å². The first-order valence-electron chi connectivity index (χ1n) is 11.7. The van der Waals surface area contributed by atoms with Gasteiger partial charge in [0.05, 0.1) is 6.04 Å². The lowest BCUT2D eigenvalue weighted by molar-refractivity contribution is -0.134. The van der Waals surface area contributed by atoms with Gasteiger partial charge in [0, 0.05) is 12.2 Å². The van der Waals surface area contributed by atoms with Crippen LogP contribution < -0.4 is 16.4 Å². The summed E-state index contributed by atoms with van der Waals surface area (Å²) in [6.07, 6.45) is -1.49. The molecule has 9 heteroatoms. The topological polar surface area (TPSA) is 131 Å². The minimum absolute atomic E-state index is 0.00543. The number of benzene rings is 2. The fourth-order valence-corrected chi connectivity index (χ4v) is 4.22. The molecule has 0 bridgehead atoms. The van der Waals surface area contributed by atoms with Crippen molar-refractivity contribution in [2.24, 2.45) is 5.73 Å². The molecule has 190 valence electrons. The first-order chi connectivity index (χ1) is 16.3. The van der Waals surface area contributed by atoms with Crippen LogP contribution in [0.2, 0.25) is 18.1 Å². The number of hydrogen-bond acceptors (Lipinski definition) is 5. The number of carbonyl (C=O) groups excluding carboxylic acids is 3. The average Bonchev–Trinajstić information content (AvgIpc) is 2.81. The van der Waals surface area contributed by atoms with Crippen LogP contribution in [0.3, 0.4) is 0 Å². The van der Waals surface area contributed by atoms with Gasteiger partial charge in [0.1, 0.15) is 6.04 Å². The summed E-state index contributed by atoms with van der Waals surface area (Å²) < 4.78 is 6.10. The number of rotatable bonds is 11. The first-order valence-corrected chi connectivity index (χ1v) is 14.6. The van der Waals surface area contributed by atoms with E-state index >= 15 is 0 Å². The molecule has 0 aliphatic heterocycles. The Balaban J connectivity index is 2.13. The Hall–Kier alpha value is -3.01. The molecular weight excluding hydrogens is 462 g/mol. The van der Waals surface area contributed by atoms with E-state index in [2.05, 4.69) is 44.5 Å². The quantitative estimate of drug-likeness (QED) is 0.353. The van der Waals surface area contributed by atoms with Crippen molar-refractivity contribution in [1.82, 2.24) is 10.6 Å². The molecule has 0 spiro atoms. The fourth-order valence-electron chi connectivity index (χ4n) is 3.16. The van der Waals surface area contributed by atoms with Crippen molar-refractivity contribution in [1.29, 1.82) is 0 Å². The molecule has 2 rings (SSSR count). The summed E-state index contributed by atoms with van der Waals surface area (Å²) in [4.78, 5) is 37.7. The summed E-state index contributed by atoms with van der Waals surface area (Å²) in [6.45, 7) is 10.7. The zero-order valence-electron chi connectivity index (χ0n) is 21.1. The van der Waals surface area contributed by atoms with E-state index in [-0.39, 0.29) is 18.1 Å². The number of primary amides is 1. The van der Waals surface area contributed by atoms with Crippen molar-refractivity contribution >= 4 is 26.0 Å². The molecule has 3 atom stereocenters. The van der Waals surface area contributed by atoms with E-state index < -0.39 is 44.2 Å². The van der Waals surface area contributed by atoms with Crippen LogP contribution in [0, 0.1) is 0 Å². The molecule has 2 aromatic rings. The van der Waals surface area contributed by atoms with Gasteiger partial charge in [-0.05, 0) is 42.2 Å². The number of hydrogen-bond donors (Lipinski definition) is 4. The van der Waals surface area contributed by atoms with Crippen molar-refractivity contribution in [3.05, 3.63) is 71.8 Å². The standard InChI is InChI=1S/C26H37N3O5Si/c1-26(2,3)35(4,5)34-17-16-20(23(27)31)28-25(33)22(30)21(18-12-8-6-9-13-18)29-24(32)19-14-10-7-11-15-19/h6-15,20-22,30H,16-17H2,1-5H3,(H2,27,31)(H,28,33)(H,29,32)/t20-,21+,22-/m1/s1. The normalized spacial score (nSPS) is 14.5. The highest BCUT2D eigenvalue weighted by Crippen LogP contribution is 2.36. The number of aliphatic hydroxyl groups excluding tert-OH is 1. The summed E-state index contributed by atoms with van der Waals surface area (Å²) in [7, 11) is -2.04. The maximum Gasteiger partial charge on any atom is 0.252 e. The summed E-state index contributed by atoms with van der Waals surface area (Å²) in [6, 6.07) is 15.1. The molecule has 0 heterocycles. The second kappa shape index (κ2) is 12.1. The predicted molar refractivity (Wildman–Crippen MR) is 138 cm³/mol. The fraction of sp³-hybridized carbons (Fsp3) is 0.423. The van der Waals surface area contributed by atoms with Crippen LogP contribution >= 0.6 is 0 Å². The summed E-state index contributed by atoms with van der Waals surface area (Å²) in [5.41, 5.74) is 6.44. The zero-order valence-corrected chi connectivity index (χ0v) is 22.1. The van der Waals surface area contributed by atoms with Crippen molar-refractivity contribution < 1.29 is 23.9 Å². The Kier molecular flexibility index (Phi) is 9.76. The summed E-state index contributed by atoms with van der Waals surface area (Å²) in [5.74, 6) is -1.99. The van der Waals surface area contributed by atoms with Crippen molar-refractivity contribution in [2.75, 3.05) is 6.61 Å². The lowest BCUT2D eigenvalue weighted by atomic mass is 9.99. The van der Waals surface area contributed by atoms with E-state index in [9.17, 15) is 19.5 Å². The minimum atomic E-state index is -2.04. The van der Waals surface area contributed by atoms with Crippen molar-refractivity contribution in [2.45, 2.75) is 63.5 Å². The number of carbonyl (C=O) groups is 3. The van der Waals surface area contributed by atoms with Crippen LogP contribution in [0.1, 0.15) is 49.2 Å². The smallest absolute Gasteiger partial charge is 0.252 e. The van der Waals surface area contributed by atoms with Crippen LogP contribution in [0.4, 0.5) is 0 Å². The van der Waals surface area contributed by atoms with Crippen LogP contribution in [0.25, 0.3) is 0 Å². The largest absolute Gasteiger partial charge is 0.417 e. The maximum absolute atomic E-state index is 13.0. The van der Waals surface area contributed by atoms with Crippen molar-refractivity contribution in [3.8, 4) is 0 Å². The van der Waals surface area contributed by atoms with E-state index in [1.54, 1.807) is 60.7 Å². The van der Waals surface area contributed by atoms with Crippen LogP contribution in [0.5, 0.6) is 0 Å². The van der Waals surface area contributed by atoms with Gasteiger partial charge in [-0.3, -0.25) is 14.4 Å². The Morgan fingerprint density at radius 2 is 1.51 bits per heavy atom. The predicted octanol–water partition coefficient (Wildman–Crippen LogP) is 2.90. The zero-order chi connectivity index (χ0) is 26.2. The van der Waals surface area contributed by atoms with E-state index in [4.69, 9.17) is 10.2 Å². The van der Waals surface area contributed by atoms with Crippen LogP contribution in [-0.2, 0) is 14.0 Å². The van der Waals surface area contributed by atoms with Gasteiger partial charge in [-0.15, -0.1) is 0 Å². The lowest BCUT2D eigenvalue weighted by Crippen LogP contribution is -2.52. The van der Waals surface area contributed by atoms with Gasteiger partial charge < -0.3 is 25.9 Å². The van der Waals surface area contributed by atoms with Gasteiger partial charge in [0.2, 0.25) is 5.91 Å². The molecule has 0 saturated heterocycles. The Labute approximate surface area is 208 Å². The number of aliphatic hydroxyl groups is 1. The van der Waals surface area contributed by atoms with Gasteiger partial charge in [0.15, 0.2) is 14.4 Å². The molecule has 35 heavy (non-hydrogen) atoms. The SMILES string of the molecule is CC(C)(C)[Si](C)(C)OCC[C@@H](NC(=O)[C@H](O)[C@@H](NC(=O)c1ccccc1)c1ccccc1)C(N)=O. The lowest BCUT2D eigenvalue weighted by Gasteiger charge is -2.36. The highest BCUT2D eigenvalue weighted by Gasteiger charge is 2.37. The molecular formula is C26H37N3O5Si. The van der Waals surface area contributed by atoms with E-state index in [0.29, 0.717) is 11.1 Å². The molecule has 0 saturated carbocycles. The molecule has 8 nitrogen and oxygen atoms in total. The molecule has 0 radical (unpaired) electrons. The van der Waals surface area contributed by atoms with Gasteiger partial charge in [-0.1, -0.05) is 69.3 Å². The van der Waals surface area contributed by atoms with Crippen molar-refractivity contribution in [3.63, 3.8) is 0 Å². The highest BCUT2D eigenvalue weighted by molar-refractivity contribution is 6.74. The summed E-state index contributed by atoms with van der Waals surface area (Å²) >= 11 is 0. The third kappa shape index (κ3) is 8.02. The van der Waals surface area contributed by atoms with Crippen LogP contribution in [0.15, 0.2) is 60.7 Å². The first kappa shape index (κ1) is 28.2. The molecule has 0 aromatic heterocycles. The Morgan fingerprint density at radius 3 is 2.03 bits per heavy atom. The number of amides is 3. The summed E-state index contributed by atoms with van der Waals surface area (Å²) in [5, 5.41) is 16.2. The van der Waals surface area contributed by atoms with Gasteiger partial charge in [-0.2, -0.15) is 0 Å². The number of nitrogens with one attached hydrogen (secondary N) is 2. The Morgan fingerprint density at radius 1 is 0.971 bits per heavy atom. The molecule has 3 amide bonds. The second-order valence-corrected chi connectivity index (χ2v) is 14.8. The molecule has 5 N–H and O–H groups in total. The van der Waals surface area contributed by atoms with E-state index in [1.165, 1.54) is 0 Å². The monoisotopic (exact) mass is 499 g/mol. The van der Waals surface area contributed by atoms with E-state index in [1.807, 2.05) is 0 Å². The van der Waals surface area contributed by atoms with Gasteiger partial charge in [0.25, 0.3) is 11.8 Å². The highest BCUT2D eigenvalue weighted by atomic mass is 28.4. The number of nitrogens with two attached hydrogens (primary N) is 1. The molecule has 0 fully saturated rings. The van der Waals surface area contributed by atoms with E-state index in [0.717, 1.165) is 0 Å². The van der Waals surface area contributed by atoms with Gasteiger partial charge in [-0.25, -0.2) is 0 Å². The maximum atomic E-state index is 13.0. The average molecular weight is 500 g/mol. The Bertz CT molecular complexity index is 993. The molecule has 0 aliphatic rings. The molecule has 0 aliphatic carbocycles. The second-order valence-electron chi connectivity index (χ2n) is 10.0. The third-order valence-corrected chi connectivity index (χ3v) is 10.9. The molecule has 0 unspecified atom stereocenters. The molecule has 2 aromatic carbocycles. The third-order valence-electron chi connectivity index (χ3n) is 6.40. The van der Waals surface area contributed by atoms with Crippen LogP contribution in [-0.4, -0.2) is 49.9 Å².